The van der Waals surface area contributed by atoms with Crippen molar-refractivity contribution in [3.63, 3.8) is 0 Å². The van der Waals surface area contributed by atoms with Crippen LogP contribution in [0.15, 0.2) is 24.5 Å². The van der Waals surface area contributed by atoms with Gasteiger partial charge in [-0.1, -0.05) is 0 Å². The lowest BCUT2D eigenvalue weighted by molar-refractivity contribution is 0.122. The lowest BCUT2D eigenvalue weighted by atomic mass is 9.99. The number of aryl methyl sites for hydroxylation is 1. The van der Waals surface area contributed by atoms with Crippen LogP contribution in [0.4, 0.5) is 0 Å². The highest BCUT2D eigenvalue weighted by Gasteiger charge is 2.22. The summed E-state index contributed by atoms with van der Waals surface area (Å²) in [4.78, 5) is 6.46. The third-order valence-corrected chi connectivity index (χ3v) is 4.29. The van der Waals surface area contributed by atoms with Crippen LogP contribution in [0.1, 0.15) is 24.5 Å². The smallest absolute Gasteiger partial charge is 0.146 e. The molecule has 0 spiro atoms. The minimum atomic E-state index is 0.566. The summed E-state index contributed by atoms with van der Waals surface area (Å²) in [6, 6.07) is 3.81. The van der Waals surface area contributed by atoms with Gasteiger partial charge in [0.05, 0.1) is 13.2 Å². The summed E-state index contributed by atoms with van der Waals surface area (Å²) in [5.41, 5.74) is 0. The van der Waals surface area contributed by atoms with E-state index in [9.17, 15) is 0 Å². The van der Waals surface area contributed by atoms with Crippen molar-refractivity contribution in [3.8, 4) is 5.75 Å². The van der Waals surface area contributed by atoms with Crippen LogP contribution in [-0.4, -0.2) is 44.3 Å². The Morgan fingerprint density at radius 3 is 2.82 bits per heavy atom. The van der Waals surface area contributed by atoms with Crippen LogP contribution in [0.2, 0.25) is 0 Å². The first kappa shape index (κ1) is 15.0. The van der Waals surface area contributed by atoms with E-state index in [1.165, 1.54) is 12.8 Å². The molecule has 1 unspecified atom stereocenters. The average Bonchev–Trinajstić information content (AvgIpc) is 2.86. The van der Waals surface area contributed by atoms with Crippen molar-refractivity contribution >= 4 is 0 Å². The van der Waals surface area contributed by atoms with E-state index in [-0.39, 0.29) is 0 Å². The van der Waals surface area contributed by atoms with Crippen LogP contribution in [0, 0.1) is 12.8 Å². The summed E-state index contributed by atoms with van der Waals surface area (Å²) in [5.74, 6) is 3.46. The first-order valence-electron chi connectivity index (χ1n) is 7.82. The first-order chi connectivity index (χ1) is 10.7. The molecule has 1 fully saturated rings. The molecule has 0 N–H and O–H groups in total. The summed E-state index contributed by atoms with van der Waals surface area (Å²) < 4.78 is 7.94. The van der Waals surface area contributed by atoms with Crippen molar-refractivity contribution < 1.29 is 4.74 Å². The van der Waals surface area contributed by atoms with Crippen LogP contribution >= 0.6 is 0 Å². The van der Waals surface area contributed by atoms with E-state index in [2.05, 4.69) is 24.6 Å². The molecule has 6 heteroatoms. The third-order valence-electron chi connectivity index (χ3n) is 4.29. The number of rotatable bonds is 5. The van der Waals surface area contributed by atoms with Gasteiger partial charge in [0.1, 0.15) is 17.4 Å². The van der Waals surface area contributed by atoms with Gasteiger partial charge in [-0.15, -0.1) is 10.2 Å². The maximum Gasteiger partial charge on any atom is 0.146 e. The van der Waals surface area contributed by atoms with E-state index >= 15 is 0 Å². The highest BCUT2D eigenvalue weighted by molar-refractivity contribution is 5.16. The Morgan fingerprint density at radius 1 is 1.27 bits per heavy atom. The molecule has 0 saturated carbocycles. The zero-order valence-electron chi connectivity index (χ0n) is 13.3. The molecule has 0 radical (unpaired) electrons. The summed E-state index contributed by atoms with van der Waals surface area (Å²) in [6.45, 7) is 5.79. The van der Waals surface area contributed by atoms with Crippen LogP contribution in [-0.2, 0) is 13.6 Å². The second-order valence-electron chi connectivity index (χ2n) is 5.96. The lowest BCUT2D eigenvalue weighted by Crippen LogP contribution is -2.37. The maximum atomic E-state index is 5.87. The Labute approximate surface area is 131 Å². The number of hydrogen-bond donors (Lipinski definition) is 0. The van der Waals surface area contributed by atoms with Crippen LogP contribution in [0.5, 0.6) is 5.75 Å². The molecule has 1 aliphatic rings. The van der Waals surface area contributed by atoms with Gasteiger partial charge in [0.15, 0.2) is 0 Å². The van der Waals surface area contributed by atoms with Gasteiger partial charge in [0.25, 0.3) is 0 Å². The molecule has 2 aromatic rings. The Kier molecular flexibility index (Phi) is 4.68. The van der Waals surface area contributed by atoms with Crippen molar-refractivity contribution in [1.82, 2.24) is 24.6 Å². The van der Waals surface area contributed by atoms with E-state index < -0.39 is 0 Å². The SMILES string of the molecule is Cc1nnc(CN2CCCC(COc3ccncc3)C2)n1C. The van der Waals surface area contributed by atoms with Crippen LogP contribution in [0.3, 0.4) is 0 Å². The van der Waals surface area contributed by atoms with Crippen LogP contribution < -0.4 is 4.74 Å². The zero-order chi connectivity index (χ0) is 15.4. The van der Waals surface area contributed by atoms with Crippen molar-refractivity contribution in [2.45, 2.75) is 26.3 Å². The number of ether oxygens (including phenoxy) is 1. The van der Waals surface area contributed by atoms with E-state index in [1.807, 2.05) is 26.1 Å². The highest BCUT2D eigenvalue weighted by Crippen LogP contribution is 2.19. The topological polar surface area (TPSA) is 56.1 Å². The molecule has 1 saturated heterocycles. The van der Waals surface area contributed by atoms with E-state index in [4.69, 9.17) is 4.74 Å². The van der Waals surface area contributed by atoms with E-state index in [1.54, 1.807) is 12.4 Å². The highest BCUT2D eigenvalue weighted by atomic mass is 16.5. The minimum absolute atomic E-state index is 0.566. The Bertz CT molecular complexity index is 598. The standard InChI is InChI=1S/C16H23N5O/c1-13-18-19-16(20(13)2)11-21-9-3-4-14(10-21)12-22-15-5-7-17-8-6-15/h5-8,14H,3-4,9-12H2,1-2H3. The number of likely N-dealkylation sites (tertiary alicyclic amines) is 1. The molecule has 2 aromatic heterocycles. The second-order valence-corrected chi connectivity index (χ2v) is 5.96. The maximum absolute atomic E-state index is 5.87. The number of piperidine rings is 1. The molecular weight excluding hydrogens is 278 g/mol. The summed E-state index contributed by atoms with van der Waals surface area (Å²) in [7, 11) is 2.03. The van der Waals surface area contributed by atoms with Gasteiger partial charge in [0, 0.05) is 31.9 Å². The van der Waals surface area contributed by atoms with Gasteiger partial charge in [-0.2, -0.15) is 0 Å². The van der Waals surface area contributed by atoms with Gasteiger partial charge in [-0.05, 0) is 38.4 Å². The van der Waals surface area contributed by atoms with Gasteiger partial charge < -0.3 is 9.30 Å². The molecule has 0 amide bonds. The fourth-order valence-corrected chi connectivity index (χ4v) is 2.87. The first-order valence-corrected chi connectivity index (χ1v) is 7.82. The van der Waals surface area contributed by atoms with Gasteiger partial charge >= 0.3 is 0 Å². The predicted molar refractivity (Wildman–Crippen MR) is 83.5 cm³/mol. The average molecular weight is 301 g/mol. The van der Waals surface area contributed by atoms with Gasteiger partial charge in [0.2, 0.25) is 0 Å². The number of nitrogens with zero attached hydrogens (tertiary/aromatic N) is 5. The summed E-state index contributed by atoms with van der Waals surface area (Å²) in [6.07, 6.45) is 5.96. The van der Waals surface area contributed by atoms with Gasteiger partial charge in [-0.3, -0.25) is 9.88 Å². The molecule has 0 aliphatic carbocycles. The van der Waals surface area contributed by atoms with Crippen molar-refractivity contribution in [3.05, 3.63) is 36.2 Å². The molecule has 6 nitrogen and oxygen atoms in total. The van der Waals surface area contributed by atoms with Crippen molar-refractivity contribution in [2.75, 3.05) is 19.7 Å². The lowest BCUT2D eigenvalue weighted by Gasteiger charge is -2.32. The summed E-state index contributed by atoms with van der Waals surface area (Å²) >= 11 is 0. The Morgan fingerprint density at radius 2 is 2.09 bits per heavy atom. The van der Waals surface area contributed by atoms with E-state index in [0.29, 0.717) is 5.92 Å². The molecule has 22 heavy (non-hydrogen) atoms. The number of hydrogen-bond acceptors (Lipinski definition) is 5. The monoisotopic (exact) mass is 301 g/mol. The normalized spacial score (nSPS) is 19.3. The molecule has 1 atom stereocenters. The van der Waals surface area contributed by atoms with Crippen molar-refractivity contribution in [1.29, 1.82) is 0 Å². The molecule has 118 valence electrons. The molecule has 3 rings (SSSR count). The third kappa shape index (κ3) is 3.62. The summed E-state index contributed by atoms with van der Waals surface area (Å²) in [5, 5.41) is 8.39. The number of pyridine rings is 1. The van der Waals surface area contributed by atoms with Gasteiger partial charge in [-0.25, -0.2) is 0 Å². The molecule has 0 aromatic carbocycles. The Balaban J connectivity index is 1.52. The second kappa shape index (κ2) is 6.87. The largest absolute Gasteiger partial charge is 0.493 e. The molecular formula is C16H23N5O. The van der Waals surface area contributed by atoms with Crippen molar-refractivity contribution in [2.24, 2.45) is 13.0 Å². The quantitative estimate of drug-likeness (QED) is 0.843. The minimum Gasteiger partial charge on any atom is -0.493 e. The molecule has 1 aliphatic heterocycles. The zero-order valence-corrected chi connectivity index (χ0v) is 13.3. The fraction of sp³-hybridized carbons (Fsp3) is 0.562. The predicted octanol–water partition coefficient (Wildman–Crippen LogP) is 1.81. The Hall–Kier alpha value is -1.95. The van der Waals surface area contributed by atoms with Crippen LogP contribution in [0.25, 0.3) is 0 Å². The molecule has 0 bridgehead atoms. The molecule has 3 heterocycles. The van der Waals surface area contributed by atoms with E-state index in [0.717, 1.165) is 43.6 Å². The number of aromatic nitrogens is 4. The fourth-order valence-electron chi connectivity index (χ4n) is 2.87.